The quantitative estimate of drug-likeness (QED) is 0.382. The highest BCUT2D eigenvalue weighted by atomic mass is 32.2. The van der Waals surface area contributed by atoms with Crippen LogP contribution in [0.4, 0.5) is 0 Å². The van der Waals surface area contributed by atoms with Crippen molar-refractivity contribution in [3.63, 3.8) is 0 Å². The molecule has 1 heterocycles. The SMILES string of the molecule is O=C1C(=Cc2cccc(OCc3ccccc3)c2)SC(=S)N1Cc1ccccc1. The average Bonchev–Trinajstić information content (AvgIpc) is 3.01. The van der Waals surface area contributed by atoms with Gasteiger partial charge in [0.1, 0.15) is 16.7 Å². The van der Waals surface area contributed by atoms with Crippen molar-refractivity contribution in [3.8, 4) is 5.75 Å². The van der Waals surface area contributed by atoms with Gasteiger partial charge >= 0.3 is 0 Å². The Morgan fingerprint density at radius 3 is 2.31 bits per heavy atom. The Morgan fingerprint density at radius 1 is 0.897 bits per heavy atom. The van der Waals surface area contributed by atoms with E-state index in [0.717, 1.165) is 22.4 Å². The molecule has 0 N–H and O–H groups in total. The highest BCUT2D eigenvalue weighted by Gasteiger charge is 2.31. The molecule has 4 rings (SSSR count). The topological polar surface area (TPSA) is 29.5 Å². The summed E-state index contributed by atoms with van der Waals surface area (Å²) in [6.45, 7) is 0.993. The number of carbonyl (C=O) groups excluding carboxylic acids is 1. The summed E-state index contributed by atoms with van der Waals surface area (Å²) < 4.78 is 6.47. The predicted molar refractivity (Wildman–Crippen MR) is 122 cm³/mol. The third-order valence-corrected chi connectivity index (χ3v) is 5.84. The lowest BCUT2D eigenvalue weighted by Gasteiger charge is -2.14. The number of ether oxygens (including phenoxy) is 1. The third kappa shape index (κ3) is 4.94. The summed E-state index contributed by atoms with van der Waals surface area (Å²) in [7, 11) is 0. The molecule has 0 aliphatic carbocycles. The molecule has 0 aromatic heterocycles. The minimum Gasteiger partial charge on any atom is -0.489 e. The van der Waals surface area contributed by atoms with E-state index in [9.17, 15) is 4.79 Å². The van der Waals surface area contributed by atoms with E-state index in [1.54, 1.807) is 4.90 Å². The van der Waals surface area contributed by atoms with Gasteiger partial charge in [0.2, 0.25) is 0 Å². The van der Waals surface area contributed by atoms with Gasteiger partial charge in [-0.05, 0) is 34.9 Å². The molecule has 0 atom stereocenters. The molecular weight excluding hydrogens is 398 g/mol. The molecule has 0 bridgehead atoms. The maximum absolute atomic E-state index is 12.8. The predicted octanol–water partition coefficient (Wildman–Crippen LogP) is 5.67. The average molecular weight is 418 g/mol. The smallest absolute Gasteiger partial charge is 0.266 e. The van der Waals surface area contributed by atoms with E-state index in [0.29, 0.717) is 22.4 Å². The molecule has 1 amide bonds. The van der Waals surface area contributed by atoms with E-state index in [1.165, 1.54) is 11.8 Å². The summed E-state index contributed by atoms with van der Waals surface area (Å²) in [5.41, 5.74) is 3.08. The fourth-order valence-electron chi connectivity index (χ4n) is 2.99. The van der Waals surface area contributed by atoms with Crippen molar-refractivity contribution in [1.82, 2.24) is 4.90 Å². The van der Waals surface area contributed by atoms with Crippen molar-refractivity contribution < 1.29 is 9.53 Å². The van der Waals surface area contributed by atoms with E-state index in [-0.39, 0.29) is 5.91 Å². The van der Waals surface area contributed by atoms with Crippen LogP contribution < -0.4 is 4.74 Å². The Balaban J connectivity index is 1.46. The summed E-state index contributed by atoms with van der Waals surface area (Å²) in [4.78, 5) is 15.1. The number of carbonyl (C=O) groups is 1. The second kappa shape index (κ2) is 9.07. The van der Waals surface area contributed by atoms with Gasteiger partial charge in [-0.2, -0.15) is 0 Å². The second-order valence-electron chi connectivity index (χ2n) is 6.60. The number of hydrogen-bond donors (Lipinski definition) is 0. The summed E-state index contributed by atoms with van der Waals surface area (Å²) in [5, 5.41) is 0. The lowest BCUT2D eigenvalue weighted by atomic mass is 10.2. The molecule has 1 aliphatic heterocycles. The first-order chi connectivity index (χ1) is 14.2. The van der Waals surface area contributed by atoms with Crippen molar-refractivity contribution in [2.45, 2.75) is 13.2 Å². The maximum Gasteiger partial charge on any atom is 0.266 e. The molecule has 144 valence electrons. The van der Waals surface area contributed by atoms with Crippen LogP contribution in [0, 0.1) is 0 Å². The molecule has 29 heavy (non-hydrogen) atoms. The Hall–Kier alpha value is -2.89. The van der Waals surface area contributed by atoms with Crippen molar-refractivity contribution in [2.24, 2.45) is 0 Å². The van der Waals surface area contributed by atoms with Crippen LogP contribution in [0.5, 0.6) is 5.75 Å². The Kier molecular flexibility index (Phi) is 6.08. The van der Waals surface area contributed by atoms with E-state index >= 15 is 0 Å². The van der Waals surface area contributed by atoms with Crippen LogP contribution in [-0.4, -0.2) is 15.1 Å². The van der Waals surface area contributed by atoms with Crippen LogP contribution in [0.1, 0.15) is 16.7 Å². The number of thiocarbonyl (C=S) groups is 1. The van der Waals surface area contributed by atoms with Crippen LogP contribution >= 0.6 is 24.0 Å². The first kappa shape index (κ1) is 19.4. The van der Waals surface area contributed by atoms with Gasteiger partial charge in [-0.1, -0.05) is 96.8 Å². The van der Waals surface area contributed by atoms with Crippen LogP contribution in [0.25, 0.3) is 6.08 Å². The monoisotopic (exact) mass is 417 g/mol. The molecule has 3 aromatic rings. The fraction of sp³-hybridized carbons (Fsp3) is 0.0833. The van der Waals surface area contributed by atoms with Gasteiger partial charge in [0, 0.05) is 0 Å². The summed E-state index contributed by atoms with van der Waals surface area (Å²) in [5.74, 6) is 0.710. The molecule has 3 nitrogen and oxygen atoms in total. The van der Waals surface area contributed by atoms with E-state index in [4.69, 9.17) is 17.0 Å². The minimum atomic E-state index is -0.0561. The number of thioether (sulfide) groups is 1. The molecule has 1 saturated heterocycles. The zero-order valence-electron chi connectivity index (χ0n) is 15.7. The lowest BCUT2D eigenvalue weighted by molar-refractivity contribution is -0.122. The number of hydrogen-bond acceptors (Lipinski definition) is 4. The molecule has 0 radical (unpaired) electrons. The number of amides is 1. The van der Waals surface area contributed by atoms with Crippen molar-refractivity contribution in [1.29, 1.82) is 0 Å². The Bertz CT molecular complexity index is 1050. The van der Waals surface area contributed by atoms with Crippen molar-refractivity contribution in [3.05, 3.63) is 107 Å². The molecule has 0 unspecified atom stereocenters. The van der Waals surface area contributed by atoms with Gasteiger partial charge in [0.25, 0.3) is 5.91 Å². The van der Waals surface area contributed by atoms with E-state index < -0.39 is 0 Å². The van der Waals surface area contributed by atoms with Gasteiger partial charge in [-0.25, -0.2) is 0 Å². The third-order valence-electron chi connectivity index (χ3n) is 4.46. The Labute approximate surface area is 180 Å². The van der Waals surface area contributed by atoms with Crippen molar-refractivity contribution in [2.75, 3.05) is 0 Å². The number of benzene rings is 3. The zero-order valence-corrected chi connectivity index (χ0v) is 17.3. The van der Waals surface area contributed by atoms with Crippen LogP contribution in [-0.2, 0) is 17.9 Å². The van der Waals surface area contributed by atoms with E-state index in [1.807, 2.05) is 91.0 Å². The van der Waals surface area contributed by atoms with Crippen LogP contribution in [0.15, 0.2) is 89.8 Å². The minimum absolute atomic E-state index is 0.0561. The molecule has 1 fully saturated rings. The largest absolute Gasteiger partial charge is 0.489 e. The molecular formula is C24H19NO2S2. The van der Waals surface area contributed by atoms with Gasteiger partial charge < -0.3 is 4.74 Å². The zero-order chi connectivity index (χ0) is 20.1. The Morgan fingerprint density at radius 2 is 1.59 bits per heavy atom. The summed E-state index contributed by atoms with van der Waals surface area (Å²) in [6.07, 6.45) is 1.87. The second-order valence-corrected chi connectivity index (χ2v) is 8.28. The summed E-state index contributed by atoms with van der Waals surface area (Å²) >= 11 is 6.77. The van der Waals surface area contributed by atoms with Gasteiger partial charge in [0.15, 0.2) is 0 Å². The fourth-order valence-corrected chi connectivity index (χ4v) is 4.24. The standard InChI is InChI=1S/C24H19NO2S2/c26-23-22(29-24(28)25(23)16-18-8-3-1-4-9-18)15-20-12-7-13-21(14-20)27-17-19-10-5-2-6-11-19/h1-15H,16-17H2. The van der Waals surface area contributed by atoms with E-state index in [2.05, 4.69) is 0 Å². The van der Waals surface area contributed by atoms with Gasteiger partial charge in [-0.15, -0.1) is 0 Å². The number of rotatable bonds is 6. The highest BCUT2D eigenvalue weighted by molar-refractivity contribution is 8.26. The first-order valence-corrected chi connectivity index (χ1v) is 10.5. The molecule has 0 saturated carbocycles. The normalized spacial score (nSPS) is 15.2. The van der Waals surface area contributed by atoms with Crippen LogP contribution in [0.2, 0.25) is 0 Å². The molecule has 0 spiro atoms. The lowest BCUT2D eigenvalue weighted by Crippen LogP contribution is -2.27. The molecule has 1 aliphatic rings. The molecule has 3 aromatic carbocycles. The first-order valence-electron chi connectivity index (χ1n) is 9.25. The number of nitrogens with zero attached hydrogens (tertiary/aromatic N) is 1. The van der Waals surface area contributed by atoms with Crippen LogP contribution in [0.3, 0.4) is 0 Å². The summed E-state index contributed by atoms with van der Waals surface area (Å²) in [6, 6.07) is 27.6. The van der Waals surface area contributed by atoms with Gasteiger partial charge in [-0.3, -0.25) is 9.69 Å². The van der Waals surface area contributed by atoms with Gasteiger partial charge in [0.05, 0.1) is 11.4 Å². The highest BCUT2D eigenvalue weighted by Crippen LogP contribution is 2.34. The molecule has 5 heteroatoms. The maximum atomic E-state index is 12.8. The van der Waals surface area contributed by atoms with Crippen molar-refractivity contribution >= 4 is 40.3 Å².